The first-order valence-corrected chi connectivity index (χ1v) is 20.6. The van der Waals surface area contributed by atoms with E-state index in [1.165, 1.54) is 0 Å². The third-order valence-corrected chi connectivity index (χ3v) is 7.15. The summed E-state index contributed by atoms with van der Waals surface area (Å²) in [5, 5.41) is 0. The molecule has 0 bridgehead atoms. The summed E-state index contributed by atoms with van der Waals surface area (Å²) in [5.41, 5.74) is -1.86. The molecule has 0 aliphatic rings. The van der Waals surface area contributed by atoms with Crippen molar-refractivity contribution in [1.82, 2.24) is 13.7 Å². The fourth-order valence-electron chi connectivity index (χ4n) is 2.59. The van der Waals surface area contributed by atoms with Gasteiger partial charge in [-0.3, -0.25) is 0 Å². The van der Waals surface area contributed by atoms with Crippen LogP contribution in [0.1, 0.15) is 0 Å². The summed E-state index contributed by atoms with van der Waals surface area (Å²) in [7, 11) is -5.37. The molecule has 0 saturated carbocycles. The van der Waals surface area contributed by atoms with Gasteiger partial charge in [0.2, 0.25) is 0 Å². The molecule has 0 aromatic carbocycles. The van der Waals surface area contributed by atoms with Crippen LogP contribution >= 0.6 is 0 Å². The maximum absolute atomic E-state index is 12.9. The Morgan fingerprint density at radius 1 is 0.500 bits per heavy atom. The van der Waals surface area contributed by atoms with E-state index in [2.05, 4.69) is 0 Å². The van der Waals surface area contributed by atoms with E-state index >= 15 is 0 Å². The Bertz CT molecular complexity index is 728. The predicted octanol–water partition coefficient (Wildman–Crippen LogP) is 1.73. The van der Waals surface area contributed by atoms with Gasteiger partial charge in [0.15, 0.2) is 25.0 Å². The van der Waals surface area contributed by atoms with Crippen molar-refractivity contribution in [2.75, 3.05) is 19.8 Å². The average Bonchev–Trinajstić information content (AvgIpc) is 2.54. The third kappa shape index (κ3) is 9.39. The average molecular weight is 478 g/mol. The molecule has 9 nitrogen and oxygen atoms in total. The number of rotatable bonds is 12. The predicted molar refractivity (Wildman–Crippen MR) is 127 cm³/mol. The number of nitrogens with zero attached hydrogens (tertiary/aromatic N) is 3. The second-order valence-electron chi connectivity index (χ2n) is 10.2. The second-order valence-corrected chi connectivity index (χ2v) is 23.7. The second kappa shape index (κ2) is 10.5. The van der Waals surface area contributed by atoms with Gasteiger partial charge in [0, 0.05) is 0 Å². The summed E-state index contributed by atoms with van der Waals surface area (Å²) in [6.07, 6.45) is 0. The Hall–Kier alpha value is -1.06. The van der Waals surface area contributed by atoms with E-state index in [1.54, 1.807) is 0 Å². The SMILES string of the molecule is C[Si](C)(C)OCCn1c(=O)n(CCO[Si](C)(C)C)c(=O)n(CCO[Si](C)(C)C)c1=O. The molecule has 0 unspecified atom stereocenters. The molecule has 174 valence electrons. The lowest BCUT2D eigenvalue weighted by atomic mass is 10.6. The molecular weight excluding hydrogens is 438 g/mol. The van der Waals surface area contributed by atoms with Crippen molar-refractivity contribution >= 4 is 25.0 Å². The van der Waals surface area contributed by atoms with Gasteiger partial charge in [-0.25, -0.2) is 28.1 Å². The van der Waals surface area contributed by atoms with Crippen LogP contribution in [0.4, 0.5) is 0 Å². The first-order valence-electron chi connectivity index (χ1n) is 10.4. The Morgan fingerprint density at radius 3 is 0.867 bits per heavy atom. The summed E-state index contributed by atoms with van der Waals surface area (Å²) in [4.78, 5) is 38.7. The quantitative estimate of drug-likeness (QED) is 0.426. The first-order chi connectivity index (χ1) is 13.5. The Balaban J connectivity index is 3.25. The van der Waals surface area contributed by atoms with E-state index in [-0.39, 0.29) is 39.5 Å². The number of hydrogen-bond donors (Lipinski definition) is 0. The van der Waals surface area contributed by atoms with Crippen LogP contribution in [-0.2, 0) is 32.9 Å². The molecule has 0 amide bonds. The monoisotopic (exact) mass is 477 g/mol. The van der Waals surface area contributed by atoms with E-state index in [0.717, 1.165) is 13.7 Å². The minimum absolute atomic E-state index is 0.103. The van der Waals surface area contributed by atoms with Crippen molar-refractivity contribution in [3.63, 3.8) is 0 Å². The van der Waals surface area contributed by atoms with Gasteiger partial charge in [0.25, 0.3) is 0 Å². The summed E-state index contributed by atoms with van der Waals surface area (Å²) < 4.78 is 20.7. The van der Waals surface area contributed by atoms with Gasteiger partial charge in [-0.2, -0.15) is 0 Å². The van der Waals surface area contributed by atoms with Gasteiger partial charge in [-0.15, -0.1) is 0 Å². The van der Waals surface area contributed by atoms with E-state index in [4.69, 9.17) is 13.3 Å². The van der Waals surface area contributed by atoms with Gasteiger partial charge < -0.3 is 13.3 Å². The fraction of sp³-hybridized carbons (Fsp3) is 0.833. The lowest BCUT2D eigenvalue weighted by Gasteiger charge is -2.20. The molecule has 1 aromatic rings. The molecule has 0 saturated heterocycles. The molecule has 0 aliphatic carbocycles. The van der Waals surface area contributed by atoms with Crippen LogP contribution in [0.2, 0.25) is 58.9 Å². The smallest absolute Gasteiger partial charge is 0.336 e. The van der Waals surface area contributed by atoms with E-state index in [0.29, 0.717) is 0 Å². The summed E-state index contributed by atoms with van der Waals surface area (Å²) in [5.74, 6) is 0. The Kier molecular flexibility index (Phi) is 9.44. The van der Waals surface area contributed by atoms with Gasteiger partial charge in [0.1, 0.15) is 0 Å². The van der Waals surface area contributed by atoms with Crippen molar-refractivity contribution in [3.05, 3.63) is 31.5 Å². The Labute approximate surface area is 182 Å². The van der Waals surface area contributed by atoms with Crippen molar-refractivity contribution in [1.29, 1.82) is 0 Å². The zero-order valence-electron chi connectivity index (χ0n) is 20.0. The highest BCUT2D eigenvalue weighted by Gasteiger charge is 2.20. The maximum atomic E-state index is 12.9. The van der Waals surface area contributed by atoms with Gasteiger partial charge in [0.05, 0.1) is 39.5 Å². The largest absolute Gasteiger partial charge is 0.416 e. The van der Waals surface area contributed by atoms with Gasteiger partial charge in [-0.1, -0.05) is 0 Å². The maximum Gasteiger partial charge on any atom is 0.336 e. The van der Waals surface area contributed by atoms with Crippen molar-refractivity contribution in [2.24, 2.45) is 0 Å². The molecule has 0 N–H and O–H groups in total. The van der Waals surface area contributed by atoms with Crippen LogP contribution in [0.15, 0.2) is 14.4 Å². The van der Waals surface area contributed by atoms with Gasteiger partial charge in [-0.05, 0) is 58.9 Å². The van der Waals surface area contributed by atoms with Crippen LogP contribution < -0.4 is 17.1 Å². The van der Waals surface area contributed by atoms with E-state index < -0.39 is 42.0 Å². The van der Waals surface area contributed by atoms with Crippen LogP contribution in [0.5, 0.6) is 0 Å². The summed E-state index contributed by atoms with van der Waals surface area (Å²) in [6, 6.07) is 0. The molecule has 30 heavy (non-hydrogen) atoms. The molecule has 12 heteroatoms. The minimum atomic E-state index is -1.79. The molecule has 0 fully saturated rings. The molecule has 0 spiro atoms. The fourth-order valence-corrected chi connectivity index (χ4v) is 4.70. The number of aromatic nitrogens is 3. The Morgan fingerprint density at radius 2 is 0.700 bits per heavy atom. The van der Waals surface area contributed by atoms with Crippen LogP contribution in [-0.4, -0.2) is 58.5 Å². The van der Waals surface area contributed by atoms with Crippen LogP contribution in [0.3, 0.4) is 0 Å². The third-order valence-electron chi connectivity index (χ3n) is 3.94. The molecule has 1 heterocycles. The standard InChI is InChI=1S/C18H39N3O6Si3/c1-28(2,3)25-13-10-19-16(22)20(11-14-26-29(4,5)6)18(24)21(17(19)23)12-15-27-30(7,8)9/h10-15H2,1-9H3. The lowest BCUT2D eigenvalue weighted by molar-refractivity contribution is 0.253. The topological polar surface area (TPSA) is 93.7 Å². The minimum Gasteiger partial charge on any atom is -0.416 e. The van der Waals surface area contributed by atoms with E-state index in [9.17, 15) is 14.4 Å². The van der Waals surface area contributed by atoms with Crippen molar-refractivity contribution < 1.29 is 13.3 Å². The zero-order valence-corrected chi connectivity index (χ0v) is 23.0. The van der Waals surface area contributed by atoms with Crippen molar-refractivity contribution in [3.8, 4) is 0 Å². The molecular formula is C18H39N3O6Si3. The molecule has 0 radical (unpaired) electrons. The highest BCUT2D eigenvalue weighted by molar-refractivity contribution is 6.70. The number of hydrogen-bond acceptors (Lipinski definition) is 6. The van der Waals surface area contributed by atoms with E-state index in [1.807, 2.05) is 58.9 Å². The zero-order chi connectivity index (χ0) is 23.3. The first kappa shape index (κ1) is 27.0. The molecule has 0 aliphatic heterocycles. The van der Waals surface area contributed by atoms with Crippen LogP contribution in [0, 0.1) is 0 Å². The summed E-state index contributed by atoms with van der Waals surface area (Å²) >= 11 is 0. The lowest BCUT2D eigenvalue weighted by Crippen LogP contribution is -2.56. The normalized spacial score (nSPS) is 13.1. The highest BCUT2D eigenvalue weighted by atomic mass is 28.4. The molecule has 1 aromatic heterocycles. The summed E-state index contributed by atoms with van der Waals surface area (Å²) in [6.45, 7) is 19.4. The highest BCUT2D eigenvalue weighted by Crippen LogP contribution is 2.03. The van der Waals surface area contributed by atoms with Crippen LogP contribution in [0.25, 0.3) is 0 Å². The molecule has 0 atom stereocenters. The van der Waals surface area contributed by atoms with Crippen molar-refractivity contribution in [2.45, 2.75) is 78.6 Å². The van der Waals surface area contributed by atoms with Gasteiger partial charge >= 0.3 is 17.1 Å². The molecule has 1 rings (SSSR count).